The van der Waals surface area contributed by atoms with Crippen molar-refractivity contribution >= 4 is 50.5 Å². The van der Waals surface area contributed by atoms with Crippen LogP contribution in [0.4, 0.5) is 42.1 Å². The topological polar surface area (TPSA) is 87.7 Å². The van der Waals surface area contributed by atoms with E-state index in [9.17, 15) is 45.1 Å². The number of benzene rings is 3. The SMILES string of the molecule is COc1ccc(C(=O)N2CCCC2)cc1C(=O)Nc1c(C(=O)Nc2ccc(F)c(C(F)(F)F)c2)sc2cc(C(F)(F)F)ccc12. The van der Waals surface area contributed by atoms with Gasteiger partial charge in [-0.15, -0.1) is 11.3 Å². The Kier molecular flexibility index (Phi) is 8.49. The Morgan fingerprint density at radius 3 is 2.20 bits per heavy atom. The molecule has 2 N–H and O–H groups in total. The van der Waals surface area contributed by atoms with E-state index in [4.69, 9.17) is 4.74 Å². The van der Waals surface area contributed by atoms with Crippen LogP contribution in [0.15, 0.2) is 54.6 Å². The Bertz CT molecular complexity index is 1810. The molecular formula is C30H22F7N3O4S. The molecule has 4 aromatic rings. The number of carbonyl (C=O) groups excluding carboxylic acids is 3. The van der Waals surface area contributed by atoms with Crippen LogP contribution >= 0.6 is 11.3 Å². The number of nitrogens with zero attached hydrogens (tertiary/aromatic N) is 1. The van der Waals surface area contributed by atoms with Gasteiger partial charge in [-0.1, -0.05) is 6.07 Å². The van der Waals surface area contributed by atoms with Gasteiger partial charge in [0, 0.05) is 34.4 Å². The zero-order chi connectivity index (χ0) is 32.7. The molecular weight excluding hydrogens is 631 g/mol. The number of thiophene rings is 1. The van der Waals surface area contributed by atoms with Crippen LogP contribution in [0.2, 0.25) is 0 Å². The van der Waals surface area contributed by atoms with E-state index >= 15 is 0 Å². The minimum Gasteiger partial charge on any atom is -0.496 e. The maximum Gasteiger partial charge on any atom is 0.419 e. The standard InChI is InChI=1S/C30H22F7N3O4S/c1-44-22-9-4-15(28(43)40-10-2-3-11-40)12-19(22)26(41)39-24-18-7-5-16(29(32,33)34)13-23(18)45-25(24)27(42)38-17-6-8-21(31)20(14-17)30(35,36)37/h4-9,12-14H,2-3,10-11H2,1H3,(H,38,42)(H,39,41). The van der Waals surface area contributed by atoms with Crippen LogP contribution < -0.4 is 15.4 Å². The van der Waals surface area contributed by atoms with E-state index in [0.717, 1.165) is 37.1 Å². The van der Waals surface area contributed by atoms with Crippen molar-refractivity contribution in [3.63, 3.8) is 0 Å². The molecule has 5 rings (SSSR count). The van der Waals surface area contributed by atoms with Crippen molar-refractivity contribution in [3.8, 4) is 5.75 Å². The van der Waals surface area contributed by atoms with Gasteiger partial charge in [-0.2, -0.15) is 26.3 Å². The van der Waals surface area contributed by atoms with E-state index in [2.05, 4.69) is 10.6 Å². The number of anilines is 2. The molecule has 1 saturated heterocycles. The Hall–Kier alpha value is -4.66. The summed E-state index contributed by atoms with van der Waals surface area (Å²) in [5.74, 6) is -3.79. The highest BCUT2D eigenvalue weighted by atomic mass is 32.1. The predicted octanol–water partition coefficient (Wildman–Crippen LogP) is 7.83. The number of nitrogens with one attached hydrogen (secondary N) is 2. The van der Waals surface area contributed by atoms with Gasteiger partial charge in [0.1, 0.15) is 16.4 Å². The number of ether oxygens (including phenoxy) is 1. The summed E-state index contributed by atoms with van der Waals surface area (Å²) in [6.07, 6.45) is -8.14. The molecule has 2 heterocycles. The third kappa shape index (κ3) is 6.57. The monoisotopic (exact) mass is 653 g/mol. The summed E-state index contributed by atoms with van der Waals surface area (Å²) in [5.41, 5.74) is -3.30. The third-order valence-corrected chi connectivity index (χ3v) is 8.23. The Morgan fingerprint density at radius 1 is 0.844 bits per heavy atom. The van der Waals surface area contributed by atoms with E-state index in [1.54, 1.807) is 4.90 Å². The van der Waals surface area contributed by atoms with Gasteiger partial charge in [-0.05, 0) is 61.4 Å². The molecule has 0 bridgehead atoms. The van der Waals surface area contributed by atoms with Crippen LogP contribution in [-0.2, 0) is 12.4 Å². The second-order valence-electron chi connectivity index (χ2n) is 10.0. The second-order valence-corrected chi connectivity index (χ2v) is 11.1. The van der Waals surface area contributed by atoms with E-state index in [0.29, 0.717) is 36.6 Å². The highest BCUT2D eigenvalue weighted by molar-refractivity contribution is 7.21. The van der Waals surface area contributed by atoms with Gasteiger partial charge in [0.2, 0.25) is 0 Å². The average molecular weight is 654 g/mol. The summed E-state index contributed by atoms with van der Waals surface area (Å²) in [4.78, 5) is 41.2. The van der Waals surface area contributed by atoms with E-state index in [-0.39, 0.29) is 43.4 Å². The van der Waals surface area contributed by atoms with Crippen LogP contribution in [-0.4, -0.2) is 42.8 Å². The molecule has 0 atom stereocenters. The number of likely N-dealkylation sites (tertiary alicyclic amines) is 1. The fourth-order valence-corrected chi connectivity index (χ4v) is 5.96. The molecule has 1 aromatic heterocycles. The van der Waals surface area contributed by atoms with Crippen LogP contribution in [0.3, 0.4) is 0 Å². The maximum atomic E-state index is 13.8. The first kappa shape index (κ1) is 31.8. The van der Waals surface area contributed by atoms with Gasteiger partial charge in [-0.25, -0.2) is 4.39 Å². The van der Waals surface area contributed by atoms with Gasteiger partial charge < -0.3 is 20.3 Å². The van der Waals surface area contributed by atoms with Gasteiger partial charge in [0.15, 0.2) is 0 Å². The molecule has 1 fully saturated rings. The molecule has 1 aliphatic heterocycles. The summed E-state index contributed by atoms with van der Waals surface area (Å²) < 4.78 is 99.1. The summed E-state index contributed by atoms with van der Waals surface area (Å²) in [7, 11) is 1.28. The Balaban J connectivity index is 1.55. The normalized spacial score (nSPS) is 13.6. The molecule has 1 aliphatic rings. The first-order valence-electron chi connectivity index (χ1n) is 13.3. The summed E-state index contributed by atoms with van der Waals surface area (Å²) in [6, 6.07) is 8.49. The van der Waals surface area contributed by atoms with E-state index in [1.165, 1.54) is 25.3 Å². The highest BCUT2D eigenvalue weighted by Gasteiger charge is 2.35. The van der Waals surface area contributed by atoms with Crippen LogP contribution in [0.1, 0.15) is 54.4 Å². The lowest BCUT2D eigenvalue weighted by Crippen LogP contribution is -2.28. The Morgan fingerprint density at radius 2 is 1.56 bits per heavy atom. The number of rotatable bonds is 6. The van der Waals surface area contributed by atoms with Gasteiger partial charge in [-0.3, -0.25) is 14.4 Å². The number of hydrogen-bond donors (Lipinski definition) is 2. The van der Waals surface area contributed by atoms with Crippen molar-refractivity contribution in [2.24, 2.45) is 0 Å². The number of fused-ring (bicyclic) bond motifs is 1. The van der Waals surface area contributed by atoms with Crippen LogP contribution in [0, 0.1) is 5.82 Å². The van der Waals surface area contributed by atoms with E-state index in [1.807, 2.05) is 0 Å². The largest absolute Gasteiger partial charge is 0.496 e. The number of methoxy groups -OCH3 is 1. The fourth-order valence-electron chi connectivity index (χ4n) is 4.87. The van der Waals surface area contributed by atoms with Gasteiger partial charge in [0.25, 0.3) is 17.7 Å². The molecule has 0 saturated carbocycles. The zero-order valence-electron chi connectivity index (χ0n) is 23.2. The van der Waals surface area contributed by atoms with Gasteiger partial charge in [0.05, 0.1) is 29.5 Å². The molecule has 0 aliphatic carbocycles. The third-order valence-electron chi connectivity index (χ3n) is 7.08. The highest BCUT2D eigenvalue weighted by Crippen LogP contribution is 2.41. The van der Waals surface area contributed by atoms with Crippen molar-refractivity contribution in [1.82, 2.24) is 4.90 Å². The predicted molar refractivity (Wildman–Crippen MR) is 152 cm³/mol. The second kappa shape index (κ2) is 12.0. The molecule has 45 heavy (non-hydrogen) atoms. The molecule has 0 spiro atoms. The quantitative estimate of drug-likeness (QED) is 0.208. The number of halogens is 7. The molecule has 0 unspecified atom stereocenters. The number of alkyl halides is 6. The molecule has 7 nitrogen and oxygen atoms in total. The minimum absolute atomic E-state index is 0.0323. The summed E-state index contributed by atoms with van der Waals surface area (Å²) >= 11 is 0.551. The first-order valence-corrected chi connectivity index (χ1v) is 14.1. The molecule has 0 radical (unpaired) electrons. The fraction of sp³-hybridized carbons (Fsp3) is 0.233. The minimum atomic E-state index is -5.07. The molecule has 236 valence electrons. The van der Waals surface area contributed by atoms with Crippen molar-refractivity contribution in [2.75, 3.05) is 30.8 Å². The van der Waals surface area contributed by atoms with E-state index < -0.39 is 46.8 Å². The average Bonchev–Trinajstić information content (AvgIpc) is 3.65. The summed E-state index contributed by atoms with van der Waals surface area (Å²) in [6.45, 7) is 1.09. The molecule has 3 aromatic carbocycles. The van der Waals surface area contributed by atoms with Crippen LogP contribution in [0.5, 0.6) is 5.75 Å². The van der Waals surface area contributed by atoms with Gasteiger partial charge >= 0.3 is 12.4 Å². The molecule has 3 amide bonds. The number of carbonyl (C=O) groups is 3. The molecule has 15 heteroatoms. The van der Waals surface area contributed by atoms with Crippen molar-refractivity contribution in [3.05, 3.63) is 87.5 Å². The number of hydrogen-bond acceptors (Lipinski definition) is 5. The number of amides is 3. The maximum absolute atomic E-state index is 13.8. The first-order chi connectivity index (χ1) is 21.2. The lowest BCUT2D eigenvalue weighted by molar-refractivity contribution is -0.140. The van der Waals surface area contributed by atoms with Crippen molar-refractivity contribution in [2.45, 2.75) is 25.2 Å². The van der Waals surface area contributed by atoms with Crippen molar-refractivity contribution in [1.29, 1.82) is 0 Å². The summed E-state index contributed by atoms with van der Waals surface area (Å²) in [5, 5.41) is 4.74. The zero-order valence-corrected chi connectivity index (χ0v) is 24.0. The van der Waals surface area contributed by atoms with Crippen molar-refractivity contribution < 1.29 is 49.9 Å². The smallest absolute Gasteiger partial charge is 0.419 e. The Labute approximate surface area is 254 Å². The lowest BCUT2D eigenvalue weighted by Gasteiger charge is -2.17. The van der Waals surface area contributed by atoms with Crippen LogP contribution in [0.25, 0.3) is 10.1 Å². The lowest BCUT2D eigenvalue weighted by atomic mass is 10.1.